The highest BCUT2D eigenvalue weighted by Crippen LogP contribution is 2.39. The Morgan fingerprint density at radius 2 is 2.10 bits per heavy atom. The Morgan fingerprint density at radius 3 is 2.70 bits per heavy atom. The van der Waals surface area contributed by atoms with E-state index in [9.17, 15) is 0 Å². The van der Waals surface area contributed by atoms with Crippen LogP contribution in [0.1, 0.15) is 43.4 Å². The van der Waals surface area contributed by atoms with Crippen LogP contribution in [-0.2, 0) is 4.74 Å². The van der Waals surface area contributed by atoms with Crippen molar-refractivity contribution in [2.75, 3.05) is 13.7 Å². The molecule has 0 heterocycles. The summed E-state index contributed by atoms with van der Waals surface area (Å²) in [4.78, 5) is 0. The van der Waals surface area contributed by atoms with Crippen LogP contribution in [0.4, 0.5) is 0 Å². The second-order valence-electron chi connectivity index (χ2n) is 5.60. The van der Waals surface area contributed by atoms with E-state index in [1.54, 1.807) is 7.11 Å². The quantitative estimate of drug-likeness (QED) is 0.851. The zero-order chi connectivity index (χ0) is 14.7. The highest BCUT2D eigenvalue weighted by molar-refractivity contribution is 9.10. The van der Waals surface area contributed by atoms with Gasteiger partial charge in [0.25, 0.3) is 0 Å². The molecule has 1 aliphatic carbocycles. The maximum atomic E-state index is 6.38. The molecule has 20 heavy (non-hydrogen) atoms. The molecule has 0 aliphatic heterocycles. The number of hydrogen-bond donors (Lipinski definition) is 1. The van der Waals surface area contributed by atoms with Crippen LogP contribution in [0.5, 0.6) is 5.75 Å². The van der Waals surface area contributed by atoms with Gasteiger partial charge >= 0.3 is 0 Å². The topological polar surface area (TPSA) is 44.5 Å². The zero-order valence-corrected chi connectivity index (χ0v) is 14.1. The Bertz CT molecular complexity index is 458. The third kappa shape index (κ3) is 3.54. The molecular formula is C16H24BrNO2. The van der Waals surface area contributed by atoms with Gasteiger partial charge in [-0.1, -0.05) is 15.9 Å². The maximum absolute atomic E-state index is 6.38. The molecule has 1 aliphatic rings. The zero-order valence-electron chi connectivity index (χ0n) is 12.5. The molecule has 1 unspecified atom stereocenters. The van der Waals surface area contributed by atoms with Gasteiger partial charge < -0.3 is 15.2 Å². The largest absolute Gasteiger partial charge is 0.496 e. The molecule has 1 aromatic rings. The Morgan fingerprint density at radius 1 is 1.40 bits per heavy atom. The van der Waals surface area contributed by atoms with Crippen LogP contribution in [0.2, 0.25) is 0 Å². The summed E-state index contributed by atoms with van der Waals surface area (Å²) in [5, 5.41) is 0. The molecule has 4 heteroatoms. The van der Waals surface area contributed by atoms with E-state index in [1.165, 1.54) is 0 Å². The average Bonchev–Trinajstić information content (AvgIpc) is 2.38. The molecule has 0 aromatic heterocycles. The van der Waals surface area contributed by atoms with E-state index < -0.39 is 0 Å². The van der Waals surface area contributed by atoms with Crippen molar-refractivity contribution < 1.29 is 9.47 Å². The molecule has 1 saturated carbocycles. The van der Waals surface area contributed by atoms with E-state index >= 15 is 0 Å². The van der Waals surface area contributed by atoms with Crippen LogP contribution in [0.25, 0.3) is 0 Å². The van der Waals surface area contributed by atoms with Gasteiger partial charge in [-0.3, -0.25) is 0 Å². The minimum absolute atomic E-state index is 0.0226. The van der Waals surface area contributed by atoms with Crippen LogP contribution >= 0.6 is 15.9 Å². The van der Waals surface area contributed by atoms with Crippen molar-refractivity contribution in [2.45, 2.75) is 45.3 Å². The first kappa shape index (κ1) is 15.8. The van der Waals surface area contributed by atoms with Gasteiger partial charge in [-0.25, -0.2) is 0 Å². The first-order valence-corrected chi connectivity index (χ1v) is 8.05. The summed E-state index contributed by atoms with van der Waals surface area (Å²) in [6, 6.07) is 4.16. The number of nitrogens with two attached hydrogens (primary N) is 1. The second kappa shape index (κ2) is 6.92. The molecule has 0 bridgehead atoms. The fourth-order valence-electron chi connectivity index (χ4n) is 2.86. The van der Waals surface area contributed by atoms with Gasteiger partial charge in [-0.05, 0) is 56.7 Å². The Hall–Kier alpha value is -0.580. The molecule has 0 saturated heterocycles. The van der Waals surface area contributed by atoms with Crippen molar-refractivity contribution in [2.24, 2.45) is 11.7 Å². The number of rotatable bonds is 6. The lowest BCUT2D eigenvalue weighted by molar-refractivity contribution is -0.0282. The van der Waals surface area contributed by atoms with Crippen molar-refractivity contribution in [3.05, 3.63) is 27.7 Å². The number of benzene rings is 1. The summed E-state index contributed by atoms with van der Waals surface area (Å²) in [7, 11) is 1.70. The number of ether oxygens (including phenoxy) is 2. The number of methoxy groups -OCH3 is 1. The molecule has 112 valence electrons. The molecule has 1 fully saturated rings. The molecule has 2 rings (SSSR count). The normalized spacial score (nSPS) is 23.2. The fourth-order valence-corrected chi connectivity index (χ4v) is 3.22. The van der Waals surface area contributed by atoms with E-state index in [2.05, 4.69) is 28.9 Å². The lowest BCUT2D eigenvalue weighted by Gasteiger charge is -2.36. The Kier molecular flexibility index (Phi) is 5.47. The summed E-state index contributed by atoms with van der Waals surface area (Å²) in [6.07, 6.45) is 3.72. The van der Waals surface area contributed by atoms with Crippen molar-refractivity contribution in [3.63, 3.8) is 0 Å². The fraction of sp³-hybridized carbons (Fsp3) is 0.625. The minimum Gasteiger partial charge on any atom is -0.496 e. The highest BCUT2D eigenvalue weighted by Gasteiger charge is 2.31. The predicted octanol–water partition coefficient (Wildman–Crippen LogP) is 3.97. The number of halogens is 1. The molecule has 1 atom stereocenters. The van der Waals surface area contributed by atoms with E-state index in [1.807, 2.05) is 13.0 Å². The van der Waals surface area contributed by atoms with E-state index in [-0.39, 0.29) is 6.04 Å². The van der Waals surface area contributed by atoms with Gasteiger partial charge in [0.1, 0.15) is 5.75 Å². The molecule has 1 aromatic carbocycles. The van der Waals surface area contributed by atoms with Gasteiger partial charge in [-0.15, -0.1) is 0 Å². The third-order valence-corrected chi connectivity index (χ3v) is 4.95. The third-order valence-electron chi connectivity index (χ3n) is 4.09. The Labute approximate surface area is 130 Å². The molecular weight excluding hydrogens is 318 g/mol. The summed E-state index contributed by atoms with van der Waals surface area (Å²) in [6.45, 7) is 4.91. The lowest BCUT2D eigenvalue weighted by atomic mass is 9.77. The van der Waals surface area contributed by atoms with Gasteiger partial charge in [0.15, 0.2) is 0 Å². The van der Waals surface area contributed by atoms with Crippen LogP contribution in [0.3, 0.4) is 0 Å². The van der Waals surface area contributed by atoms with Gasteiger partial charge in [0.2, 0.25) is 0 Å². The monoisotopic (exact) mass is 341 g/mol. The van der Waals surface area contributed by atoms with Crippen LogP contribution in [0, 0.1) is 12.8 Å². The molecule has 2 N–H and O–H groups in total. The SMILES string of the molecule is CCOC1CC(CC(N)c2cc(Br)c(C)cc2OC)C1. The average molecular weight is 342 g/mol. The van der Waals surface area contributed by atoms with Crippen molar-refractivity contribution in [1.82, 2.24) is 0 Å². The van der Waals surface area contributed by atoms with Crippen LogP contribution < -0.4 is 10.5 Å². The van der Waals surface area contributed by atoms with E-state index in [0.29, 0.717) is 12.0 Å². The smallest absolute Gasteiger partial charge is 0.123 e. The number of aryl methyl sites for hydroxylation is 1. The second-order valence-corrected chi connectivity index (χ2v) is 6.45. The van der Waals surface area contributed by atoms with Crippen LogP contribution in [-0.4, -0.2) is 19.8 Å². The van der Waals surface area contributed by atoms with Gasteiger partial charge in [0, 0.05) is 22.7 Å². The molecule has 0 spiro atoms. The summed E-state index contributed by atoms with van der Waals surface area (Å²) < 4.78 is 12.2. The number of hydrogen-bond acceptors (Lipinski definition) is 3. The predicted molar refractivity (Wildman–Crippen MR) is 85.1 cm³/mol. The van der Waals surface area contributed by atoms with Gasteiger partial charge in [-0.2, -0.15) is 0 Å². The van der Waals surface area contributed by atoms with Crippen molar-refractivity contribution in [1.29, 1.82) is 0 Å². The first-order chi connectivity index (χ1) is 9.55. The first-order valence-electron chi connectivity index (χ1n) is 7.26. The van der Waals surface area contributed by atoms with Gasteiger partial charge in [0.05, 0.1) is 13.2 Å². The lowest BCUT2D eigenvalue weighted by Crippen LogP contribution is -2.33. The Balaban J connectivity index is 1.99. The maximum Gasteiger partial charge on any atom is 0.123 e. The molecule has 3 nitrogen and oxygen atoms in total. The molecule has 0 amide bonds. The van der Waals surface area contributed by atoms with Crippen molar-refractivity contribution in [3.8, 4) is 5.75 Å². The van der Waals surface area contributed by atoms with Crippen molar-refractivity contribution >= 4 is 15.9 Å². The minimum atomic E-state index is 0.0226. The summed E-state index contributed by atoms with van der Waals surface area (Å²) in [5.41, 5.74) is 8.63. The van der Waals surface area contributed by atoms with Crippen LogP contribution in [0.15, 0.2) is 16.6 Å². The van der Waals surface area contributed by atoms with E-state index in [0.717, 1.165) is 47.2 Å². The highest BCUT2D eigenvalue weighted by atomic mass is 79.9. The summed E-state index contributed by atoms with van der Waals surface area (Å²) in [5.74, 6) is 1.56. The molecule has 0 radical (unpaired) electrons. The van der Waals surface area contributed by atoms with E-state index in [4.69, 9.17) is 15.2 Å². The summed E-state index contributed by atoms with van der Waals surface area (Å²) >= 11 is 3.57. The standard InChI is InChI=1S/C16H24BrNO2/c1-4-20-12-6-11(7-12)8-15(18)13-9-14(17)10(2)5-16(13)19-3/h5,9,11-12,15H,4,6-8,18H2,1-3H3.